The van der Waals surface area contributed by atoms with E-state index in [9.17, 15) is 5.11 Å². The lowest BCUT2D eigenvalue weighted by molar-refractivity contribution is -0.0540. The third-order valence-electron chi connectivity index (χ3n) is 10.6. The number of hydrogen-bond acceptors (Lipinski definition) is 1. The first-order chi connectivity index (χ1) is 13.7. The van der Waals surface area contributed by atoms with Crippen LogP contribution in [0, 0.1) is 52.3 Å². The van der Waals surface area contributed by atoms with Crippen molar-refractivity contribution in [1.82, 2.24) is 0 Å². The summed E-state index contributed by atoms with van der Waals surface area (Å²) in [6.45, 7) is 14.7. The van der Waals surface area contributed by atoms with Gasteiger partial charge >= 0.3 is 0 Å². The summed E-state index contributed by atoms with van der Waals surface area (Å²) in [7, 11) is 0. The second kappa shape index (κ2) is 7.85. The van der Waals surface area contributed by atoms with Crippen molar-refractivity contribution >= 4 is 0 Å². The van der Waals surface area contributed by atoms with Gasteiger partial charge in [0, 0.05) is 0 Å². The maximum atomic E-state index is 10.2. The number of aliphatic hydroxyl groups excluding tert-OH is 1. The van der Waals surface area contributed by atoms with Gasteiger partial charge in [0.05, 0.1) is 6.10 Å². The zero-order valence-corrected chi connectivity index (χ0v) is 20.0. The zero-order valence-electron chi connectivity index (χ0n) is 20.0. The van der Waals surface area contributed by atoms with Crippen LogP contribution in [0.2, 0.25) is 0 Å². The van der Waals surface area contributed by atoms with E-state index in [1.807, 2.05) is 0 Å². The Labute approximate surface area is 180 Å². The lowest BCUT2D eigenvalue weighted by atomic mass is 9.47. The summed E-state index contributed by atoms with van der Waals surface area (Å²) in [5, 5.41) is 10.2. The Morgan fingerprint density at radius 2 is 1.72 bits per heavy atom. The van der Waals surface area contributed by atoms with E-state index >= 15 is 0 Å². The van der Waals surface area contributed by atoms with Crippen LogP contribution in [-0.2, 0) is 0 Å². The fraction of sp³-hybridized carbons (Fsp3) is 0.857. The predicted octanol–water partition coefficient (Wildman–Crippen LogP) is 7.41. The van der Waals surface area contributed by atoms with Gasteiger partial charge in [-0.05, 0) is 104 Å². The van der Waals surface area contributed by atoms with Gasteiger partial charge in [-0.25, -0.2) is 0 Å². The first-order valence-corrected chi connectivity index (χ1v) is 12.7. The molecule has 3 saturated carbocycles. The van der Waals surface area contributed by atoms with E-state index < -0.39 is 0 Å². The Morgan fingerprint density at radius 3 is 2.45 bits per heavy atom. The predicted molar refractivity (Wildman–Crippen MR) is 124 cm³/mol. The fourth-order valence-electron chi connectivity index (χ4n) is 8.25. The first-order valence-electron chi connectivity index (χ1n) is 12.7. The van der Waals surface area contributed by atoms with E-state index in [1.54, 1.807) is 5.57 Å². The monoisotopic (exact) mass is 398 g/mol. The minimum absolute atomic E-state index is 0.0866. The number of aliphatic hydroxyl groups is 1. The van der Waals surface area contributed by atoms with Crippen molar-refractivity contribution in [3.05, 3.63) is 23.8 Å². The third kappa shape index (κ3) is 3.58. The summed E-state index contributed by atoms with van der Waals surface area (Å²) >= 11 is 0. The van der Waals surface area contributed by atoms with Crippen LogP contribution < -0.4 is 0 Å². The molecule has 4 rings (SSSR count). The summed E-state index contributed by atoms with van der Waals surface area (Å²) in [6, 6.07) is 0. The molecule has 9 atom stereocenters. The van der Waals surface area contributed by atoms with Crippen molar-refractivity contribution < 1.29 is 5.11 Å². The lowest BCUT2D eigenvalue weighted by Gasteiger charge is -2.58. The average molecular weight is 399 g/mol. The maximum Gasteiger partial charge on any atom is 0.0577 e. The molecule has 0 aromatic carbocycles. The van der Waals surface area contributed by atoms with E-state index in [4.69, 9.17) is 0 Å². The molecule has 164 valence electrons. The topological polar surface area (TPSA) is 20.2 Å². The number of allylic oxidation sites excluding steroid dienone is 3. The van der Waals surface area contributed by atoms with E-state index in [1.165, 1.54) is 38.5 Å². The summed E-state index contributed by atoms with van der Waals surface area (Å²) in [5.41, 5.74) is 2.51. The fourth-order valence-corrected chi connectivity index (χ4v) is 8.25. The molecule has 0 heterocycles. The van der Waals surface area contributed by atoms with Crippen LogP contribution >= 0.6 is 0 Å². The van der Waals surface area contributed by atoms with E-state index in [2.05, 4.69) is 59.8 Å². The van der Waals surface area contributed by atoms with Crippen LogP contribution in [0.15, 0.2) is 23.8 Å². The SMILES string of the molecule is CC(C)[C@@H](C)/C=C/[C@H](C)[C@H]1CC[C@@H]2[C@H]3CC=C4C[C@@H](O)CC[C@]4(C)[C@@H]3CC[C@@]21C. The summed E-state index contributed by atoms with van der Waals surface area (Å²) in [5.74, 6) is 5.63. The zero-order chi connectivity index (χ0) is 21.0. The normalized spacial score (nSPS) is 46.8. The number of fused-ring (bicyclic) bond motifs is 5. The van der Waals surface area contributed by atoms with Gasteiger partial charge in [-0.3, -0.25) is 0 Å². The Balaban J connectivity index is 1.53. The second-order valence-electron chi connectivity index (χ2n) is 12.2. The molecule has 4 aliphatic rings. The molecule has 0 aromatic rings. The smallest absolute Gasteiger partial charge is 0.0577 e. The van der Waals surface area contributed by atoms with E-state index in [0.29, 0.717) is 22.7 Å². The molecule has 1 heteroatoms. The van der Waals surface area contributed by atoms with Crippen LogP contribution in [0.1, 0.15) is 92.9 Å². The van der Waals surface area contributed by atoms with Gasteiger partial charge in [-0.1, -0.05) is 65.3 Å². The highest BCUT2D eigenvalue weighted by Gasteiger charge is 2.58. The van der Waals surface area contributed by atoms with Crippen molar-refractivity contribution in [3.8, 4) is 0 Å². The van der Waals surface area contributed by atoms with Crippen LogP contribution in [-0.4, -0.2) is 11.2 Å². The van der Waals surface area contributed by atoms with Crippen molar-refractivity contribution in [2.45, 2.75) is 99.0 Å². The third-order valence-corrected chi connectivity index (χ3v) is 10.6. The van der Waals surface area contributed by atoms with Crippen LogP contribution in [0.25, 0.3) is 0 Å². The van der Waals surface area contributed by atoms with Crippen molar-refractivity contribution in [2.24, 2.45) is 52.3 Å². The quantitative estimate of drug-likeness (QED) is 0.489. The summed E-state index contributed by atoms with van der Waals surface area (Å²) in [6.07, 6.45) is 17.7. The summed E-state index contributed by atoms with van der Waals surface area (Å²) < 4.78 is 0. The molecule has 29 heavy (non-hydrogen) atoms. The van der Waals surface area contributed by atoms with Crippen molar-refractivity contribution in [1.29, 1.82) is 0 Å². The molecule has 0 amide bonds. The van der Waals surface area contributed by atoms with Crippen LogP contribution in [0.4, 0.5) is 0 Å². The Kier molecular flexibility index (Phi) is 5.86. The van der Waals surface area contributed by atoms with Gasteiger partial charge in [-0.2, -0.15) is 0 Å². The molecule has 3 fully saturated rings. The largest absolute Gasteiger partial charge is 0.393 e. The second-order valence-corrected chi connectivity index (χ2v) is 12.2. The summed E-state index contributed by atoms with van der Waals surface area (Å²) in [4.78, 5) is 0. The van der Waals surface area contributed by atoms with Gasteiger partial charge in [-0.15, -0.1) is 0 Å². The first kappa shape index (κ1) is 21.7. The molecule has 0 saturated heterocycles. The molecule has 0 radical (unpaired) electrons. The Morgan fingerprint density at radius 1 is 0.966 bits per heavy atom. The Bertz CT molecular complexity index is 659. The molecular formula is C28H46O. The molecule has 0 spiro atoms. The lowest BCUT2D eigenvalue weighted by Crippen LogP contribution is -2.50. The van der Waals surface area contributed by atoms with Gasteiger partial charge in [0.2, 0.25) is 0 Å². The maximum absolute atomic E-state index is 10.2. The minimum atomic E-state index is -0.0866. The van der Waals surface area contributed by atoms with Gasteiger partial charge < -0.3 is 5.11 Å². The van der Waals surface area contributed by atoms with E-state index in [0.717, 1.165) is 42.4 Å². The molecule has 1 nitrogen and oxygen atoms in total. The molecular weight excluding hydrogens is 352 g/mol. The van der Waals surface area contributed by atoms with Crippen molar-refractivity contribution in [2.75, 3.05) is 0 Å². The highest BCUT2D eigenvalue weighted by molar-refractivity contribution is 5.25. The van der Waals surface area contributed by atoms with Crippen LogP contribution in [0.3, 0.4) is 0 Å². The Hall–Kier alpha value is -0.560. The van der Waals surface area contributed by atoms with Crippen molar-refractivity contribution in [3.63, 3.8) is 0 Å². The average Bonchev–Trinajstić information content (AvgIpc) is 3.03. The van der Waals surface area contributed by atoms with Gasteiger partial charge in [0.25, 0.3) is 0 Å². The van der Waals surface area contributed by atoms with Crippen LogP contribution in [0.5, 0.6) is 0 Å². The van der Waals surface area contributed by atoms with Gasteiger partial charge in [0.15, 0.2) is 0 Å². The highest BCUT2D eigenvalue weighted by atomic mass is 16.3. The van der Waals surface area contributed by atoms with Gasteiger partial charge in [0.1, 0.15) is 0 Å². The molecule has 0 unspecified atom stereocenters. The molecule has 0 bridgehead atoms. The number of rotatable bonds is 4. The highest BCUT2D eigenvalue weighted by Crippen LogP contribution is 2.67. The van der Waals surface area contributed by atoms with E-state index in [-0.39, 0.29) is 6.10 Å². The standard InChI is InChI=1S/C28H46O/c1-18(2)19(3)7-8-20(4)24-11-12-25-23-10-9-21-17-22(29)13-15-27(21,5)26(23)14-16-28(24,25)6/h7-9,18-20,22-26,29H,10-17H2,1-6H3/b8-7+/t19-,20-,22-,23+,24+,25+,26+,27-,28+/m0/s1. The molecule has 1 N–H and O–H groups in total. The molecule has 4 aliphatic carbocycles. The minimum Gasteiger partial charge on any atom is -0.393 e. The number of hydrogen-bond donors (Lipinski definition) is 1. The molecule has 0 aliphatic heterocycles. The molecule has 0 aromatic heterocycles.